The Kier molecular flexibility index (Phi) is 6.59. The van der Waals surface area contributed by atoms with Crippen LogP contribution in [0.15, 0.2) is 12.1 Å². The van der Waals surface area contributed by atoms with E-state index in [9.17, 15) is 19.2 Å². The number of carbonyl (C=O) groups excluding carboxylic acids is 4. The van der Waals surface area contributed by atoms with Crippen molar-refractivity contribution >= 4 is 34.4 Å². The Labute approximate surface area is 198 Å². The van der Waals surface area contributed by atoms with Crippen LogP contribution in [0.2, 0.25) is 0 Å². The molecule has 0 saturated carbocycles. The number of amides is 4. The van der Waals surface area contributed by atoms with Crippen molar-refractivity contribution in [2.24, 2.45) is 5.92 Å². The zero-order chi connectivity index (χ0) is 24.6. The molecule has 0 bridgehead atoms. The van der Waals surface area contributed by atoms with Crippen LogP contribution in [0.5, 0.6) is 11.5 Å². The minimum Gasteiger partial charge on any atom is -0.493 e. The molecule has 2 aromatic rings. The van der Waals surface area contributed by atoms with E-state index in [1.807, 2.05) is 0 Å². The van der Waals surface area contributed by atoms with Gasteiger partial charge in [-0.1, -0.05) is 33.1 Å². The summed E-state index contributed by atoms with van der Waals surface area (Å²) in [5.41, 5.74) is 0.797. The van der Waals surface area contributed by atoms with Crippen molar-refractivity contribution in [2.75, 3.05) is 19.8 Å². The lowest BCUT2D eigenvalue weighted by atomic mass is 9.84. The van der Waals surface area contributed by atoms with E-state index in [1.54, 1.807) is 13.8 Å². The highest BCUT2D eigenvalue weighted by Gasteiger charge is 2.41. The van der Waals surface area contributed by atoms with Gasteiger partial charge in [0.05, 0.1) is 35.5 Å². The molecule has 0 spiro atoms. The van der Waals surface area contributed by atoms with Gasteiger partial charge in [-0.3, -0.25) is 29.4 Å². The van der Waals surface area contributed by atoms with Crippen LogP contribution in [0.3, 0.4) is 0 Å². The molecule has 8 heteroatoms. The summed E-state index contributed by atoms with van der Waals surface area (Å²) in [5, 5.41) is 2.89. The van der Waals surface area contributed by atoms with Crippen molar-refractivity contribution in [1.82, 2.24) is 10.2 Å². The number of hydrogen-bond donors (Lipinski definition) is 1. The van der Waals surface area contributed by atoms with E-state index in [0.717, 1.165) is 25.7 Å². The third-order valence-corrected chi connectivity index (χ3v) is 6.55. The molecule has 2 heterocycles. The number of benzene rings is 2. The number of hydrogen-bond acceptors (Lipinski definition) is 6. The first kappa shape index (κ1) is 23.7. The van der Waals surface area contributed by atoms with Crippen molar-refractivity contribution in [3.63, 3.8) is 0 Å². The summed E-state index contributed by atoms with van der Waals surface area (Å²) in [7, 11) is 0. The Morgan fingerprint density at radius 2 is 1.44 bits per heavy atom. The summed E-state index contributed by atoms with van der Waals surface area (Å²) in [5.74, 6) is -1.50. The highest BCUT2D eigenvalue weighted by atomic mass is 16.5. The monoisotopic (exact) mass is 466 g/mol. The van der Waals surface area contributed by atoms with E-state index < -0.39 is 23.6 Å². The fourth-order valence-corrected chi connectivity index (χ4v) is 4.86. The molecule has 180 valence electrons. The van der Waals surface area contributed by atoms with Crippen molar-refractivity contribution in [1.29, 1.82) is 0 Å². The van der Waals surface area contributed by atoms with E-state index in [4.69, 9.17) is 9.47 Å². The van der Waals surface area contributed by atoms with Crippen LogP contribution in [0.4, 0.5) is 0 Å². The van der Waals surface area contributed by atoms with E-state index in [1.165, 1.54) is 17.0 Å². The predicted octanol–water partition coefficient (Wildman–Crippen LogP) is 4.33. The summed E-state index contributed by atoms with van der Waals surface area (Å²) in [4.78, 5) is 54.3. The zero-order valence-electron chi connectivity index (χ0n) is 20.1. The van der Waals surface area contributed by atoms with Crippen LogP contribution in [-0.2, 0) is 0 Å². The van der Waals surface area contributed by atoms with Gasteiger partial charge in [-0.15, -0.1) is 0 Å². The van der Waals surface area contributed by atoms with Gasteiger partial charge < -0.3 is 9.47 Å². The van der Waals surface area contributed by atoms with Gasteiger partial charge in [-0.05, 0) is 38.3 Å². The van der Waals surface area contributed by atoms with Crippen LogP contribution in [0.1, 0.15) is 94.8 Å². The summed E-state index contributed by atoms with van der Waals surface area (Å²) in [6.07, 6.45) is 3.81. The highest BCUT2D eigenvalue weighted by Crippen LogP contribution is 2.44. The first-order valence-corrected chi connectivity index (χ1v) is 12.0. The molecule has 4 rings (SSSR count). The van der Waals surface area contributed by atoms with E-state index in [0.29, 0.717) is 6.54 Å². The fourth-order valence-electron chi connectivity index (χ4n) is 4.86. The van der Waals surface area contributed by atoms with E-state index in [-0.39, 0.29) is 63.7 Å². The molecule has 8 nitrogen and oxygen atoms in total. The van der Waals surface area contributed by atoms with Gasteiger partial charge in [-0.25, -0.2) is 0 Å². The molecule has 0 fully saturated rings. The standard InChI is InChI=1S/C26H30N2O6/c1-5-9-10-14(6-2)13-28-25(31)16-12-17(33-7-3)21-19-15(23(29)27-24(21)30)11-18(34-8-4)22(20(16)19)26(28)32/h11-12,14H,5-10,13H2,1-4H3,(H,27,29,30). The lowest BCUT2D eigenvalue weighted by Gasteiger charge is -2.33. The van der Waals surface area contributed by atoms with Crippen LogP contribution in [0.25, 0.3) is 10.8 Å². The molecule has 4 amide bonds. The van der Waals surface area contributed by atoms with Crippen molar-refractivity contribution in [3.05, 3.63) is 34.4 Å². The van der Waals surface area contributed by atoms with Crippen molar-refractivity contribution in [3.8, 4) is 11.5 Å². The van der Waals surface area contributed by atoms with Crippen LogP contribution < -0.4 is 14.8 Å². The number of nitrogens with zero attached hydrogens (tertiary/aromatic N) is 1. The maximum atomic E-state index is 13.7. The van der Waals surface area contributed by atoms with E-state index >= 15 is 0 Å². The quantitative estimate of drug-likeness (QED) is 0.523. The first-order valence-electron chi connectivity index (χ1n) is 12.0. The summed E-state index contributed by atoms with van der Waals surface area (Å²) in [6, 6.07) is 3.01. The maximum Gasteiger partial charge on any atom is 0.265 e. The molecule has 1 unspecified atom stereocenters. The van der Waals surface area contributed by atoms with Gasteiger partial charge in [0.2, 0.25) is 0 Å². The minimum atomic E-state index is -0.615. The van der Waals surface area contributed by atoms with Gasteiger partial charge in [-0.2, -0.15) is 0 Å². The van der Waals surface area contributed by atoms with Crippen LogP contribution >= 0.6 is 0 Å². The molecule has 2 aliphatic heterocycles. The Morgan fingerprint density at radius 1 is 0.824 bits per heavy atom. The number of rotatable bonds is 10. The molecule has 0 aliphatic carbocycles. The zero-order valence-corrected chi connectivity index (χ0v) is 20.1. The Hall–Kier alpha value is -3.42. The van der Waals surface area contributed by atoms with Gasteiger partial charge in [0.15, 0.2) is 0 Å². The van der Waals surface area contributed by atoms with Gasteiger partial charge in [0.1, 0.15) is 11.5 Å². The summed E-state index contributed by atoms with van der Waals surface area (Å²) < 4.78 is 11.5. The second-order valence-electron chi connectivity index (χ2n) is 8.63. The molecular weight excluding hydrogens is 436 g/mol. The molecule has 0 aromatic heterocycles. The topological polar surface area (TPSA) is 102 Å². The smallest absolute Gasteiger partial charge is 0.265 e. The Bertz CT molecular complexity index is 1200. The molecule has 1 N–H and O–H groups in total. The minimum absolute atomic E-state index is 0.155. The number of unbranched alkanes of at least 4 members (excludes halogenated alkanes) is 1. The summed E-state index contributed by atoms with van der Waals surface area (Å²) >= 11 is 0. The van der Waals surface area contributed by atoms with Crippen molar-refractivity contribution < 1.29 is 28.7 Å². The average Bonchev–Trinajstić information content (AvgIpc) is 2.81. The number of ether oxygens (including phenoxy) is 2. The normalized spacial score (nSPS) is 15.6. The van der Waals surface area contributed by atoms with Gasteiger partial charge in [0, 0.05) is 17.3 Å². The molecule has 1 atom stereocenters. The predicted molar refractivity (Wildman–Crippen MR) is 127 cm³/mol. The largest absolute Gasteiger partial charge is 0.493 e. The molecular formula is C26H30N2O6. The SMILES string of the molecule is CCCCC(CC)CN1C(=O)c2cc(OCC)c3c4c(cc(OCC)c(c24)C1=O)C(=O)NC3=O. The second kappa shape index (κ2) is 9.44. The number of carbonyl (C=O) groups is 4. The second-order valence-corrected chi connectivity index (χ2v) is 8.63. The van der Waals surface area contributed by atoms with Crippen molar-refractivity contribution in [2.45, 2.75) is 53.4 Å². The first-order chi connectivity index (χ1) is 16.4. The van der Waals surface area contributed by atoms with Gasteiger partial charge >= 0.3 is 0 Å². The lowest BCUT2D eigenvalue weighted by molar-refractivity contribution is 0.0575. The molecule has 0 radical (unpaired) electrons. The molecule has 34 heavy (non-hydrogen) atoms. The van der Waals surface area contributed by atoms with Crippen LogP contribution in [-0.4, -0.2) is 48.3 Å². The highest BCUT2D eigenvalue weighted by molar-refractivity contribution is 6.35. The fraction of sp³-hybridized carbons (Fsp3) is 0.462. The lowest BCUT2D eigenvalue weighted by Crippen LogP contribution is -2.44. The molecule has 0 saturated heterocycles. The number of imide groups is 2. The Morgan fingerprint density at radius 3 is 2.06 bits per heavy atom. The van der Waals surface area contributed by atoms with Crippen LogP contribution in [0, 0.1) is 5.92 Å². The Balaban J connectivity index is 1.99. The third-order valence-electron chi connectivity index (χ3n) is 6.55. The molecule has 2 aliphatic rings. The maximum absolute atomic E-state index is 13.7. The molecule has 2 aromatic carbocycles. The van der Waals surface area contributed by atoms with Gasteiger partial charge in [0.25, 0.3) is 23.6 Å². The summed E-state index contributed by atoms with van der Waals surface area (Å²) in [6.45, 7) is 8.56. The third kappa shape index (κ3) is 3.71. The van der Waals surface area contributed by atoms with E-state index in [2.05, 4.69) is 19.2 Å². The average molecular weight is 467 g/mol. The number of nitrogens with one attached hydrogen (secondary N) is 1.